The highest BCUT2D eigenvalue weighted by Crippen LogP contribution is 2.27. The Labute approximate surface area is 82.5 Å². The fourth-order valence-electron chi connectivity index (χ4n) is 1.46. The summed E-state index contributed by atoms with van der Waals surface area (Å²) in [6.45, 7) is 1.89. The highest BCUT2D eigenvalue weighted by Gasteiger charge is 2.13. The van der Waals surface area contributed by atoms with E-state index in [4.69, 9.17) is 0 Å². The maximum atomic E-state index is 12.8. The second-order valence-corrected chi connectivity index (χ2v) is 3.24. The van der Waals surface area contributed by atoms with Crippen LogP contribution >= 0.6 is 0 Å². The standard InChI is InChI=1S/C10H9F2N.CH4/c1-6-2-3-7-4-8(11)9(12)5-10(7)13-6;/h4-5H,2-3H2,1H3;1H4. The zero-order valence-corrected chi connectivity index (χ0v) is 7.27. The molecular formula is C11H13F2N. The number of fused-ring (bicyclic) bond motifs is 1. The molecule has 0 bridgehead atoms. The van der Waals surface area contributed by atoms with Gasteiger partial charge in [-0.05, 0) is 31.4 Å². The highest BCUT2D eigenvalue weighted by molar-refractivity contribution is 5.87. The Hall–Kier alpha value is -1.25. The number of benzene rings is 1. The number of nitrogens with zero attached hydrogens (tertiary/aromatic N) is 1. The molecule has 0 saturated heterocycles. The quantitative estimate of drug-likeness (QED) is 0.602. The van der Waals surface area contributed by atoms with Crippen LogP contribution in [0.15, 0.2) is 17.1 Å². The van der Waals surface area contributed by atoms with E-state index in [9.17, 15) is 8.78 Å². The SMILES string of the molecule is C.CC1=Nc2cc(F)c(F)cc2CC1. The first kappa shape index (κ1) is 10.8. The molecule has 1 aliphatic rings. The second-order valence-electron chi connectivity index (χ2n) is 3.24. The molecule has 0 N–H and O–H groups in total. The molecule has 1 heterocycles. The van der Waals surface area contributed by atoms with Gasteiger partial charge in [-0.2, -0.15) is 0 Å². The monoisotopic (exact) mass is 197 g/mol. The van der Waals surface area contributed by atoms with E-state index >= 15 is 0 Å². The lowest BCUT2D eigenvalue weighted by molar-refractivity contribution is 0.507. The lowest BCUT2D eigenvalue weighted by atomic mass is 10.0. The van der Waals surface area contributed by atoms with Crippen molar-refractivity contribution < 1.29 is 8.78 Å². The fraction of sp³-hybridized carbons (Fsp3) is 0.364. The third kappa shape index (κ3) is 1.81. The van der Waals surface area contributed by atoms with Crippen LogP contribution in [0.1, 0.15) is 26.3 Å². The molecule has 0 fully saturated rings. The Morgan fingerprint density at radius 1 is 1.14 bits per heavy atom. The minimum Gasteiger partial charge on any atom is -0.258 e. The first-order chi connectivity index (χ1) is 6.16. The van der Waals surface area contributed by atoms with Gasteiger partial charge in [0.1, 0.15) is 0 Å². The lowest BCUT2D eigenvalue weighted by Crippen LogP contribution is -2.02. The molecule has 0 aliphatic carbocycles. The van der Waals surface area contributed by atoms with Gasteiger partial charge in [0, 0.05) is 11.8 Å². The van der Waals surface area contributed by atoms with Crippen molar-refractivity contribution in [1.82, 2.24) is 0 Å². The number of aliphatic imine (C=N–C) groups is 1. The number of rotatable bonds is 0. The van der Waals surface area contributed by atoms with Crippen molar-refractivity contribution in [2.45, 2.75) is 27.2 Å². The van der Waals surface area contributed by atoms with Gasteiger partial charge in [-0.3, -0.25) is 4.99 Å². The normalized spacial score (nSPS) is 14.1. The molecule has 0 atom stereocenters. The molecule has 0 radical (unpaired) electrons. The zero-order valence-electron chi connectivity index (χ0n) is 7.27. The molecule has 14 heavy (non-hydrogen) atoms. The van der Waals surface area contributed by atoms with Gasteiger partial charge in [0.25, 0.3) is 0 Å². The van der Waals surface area contributed by atoms with Crippen LogP contribution in [0, 0.1) is 11.6 Å². The van der Waals surface area contributed by atoms with Gasteiger partial charge in [0.05, 0.1) is 5.69 Å². The van der Waals surface area contributed by atoms with Gasteiger partial charge in [0.15, 0.2) is 11.6 Å². The number of halogens is 2. The van der Waals surface area contributed by atoms with Crippen molar-refractivity contribution in [3.8, 4) is 0 Å². The van der Waals surface area contributed by atoms with Crippen LogP contribution in [-0.4, -0.2) is 5.71 Å². The van der Waals surface area contributed by atoms with Crippen molar-refractivity contribution in [2.75, 3.05) is 0 Å². The predicted octanol–water partition coefficient (Wildman–Crippen LogP) is 3.64. The molecule has 1 aromatic rings. The average Bonchev–Trinajstić information content (AvgIpc) is 2.08. The van der Waals surface area contributed by atoms with E-state index in [0.29, 0.717) is 5.69 Å². The smallest absolute Gasteiger partial charge is 0.160 e. The van der Waals surface area contributed by atoms with Crippen molar-refractivity contribution in [3.63, 3.8) is 0 Å². The molecule has 3 heteroatoms. The molecule has 0 unspecified atom stereocenters. The fourth-order valence-corrected chi connectivity index (χ4v) is 1.46. The highest BCUT2D eigenvalue weighted by atomic mass is 19.2. The van der Waals surface area contributed by atoms with Crippen molar-refractivity contribution in [3.05, 3.63) is 29.3 Å². The van der Waals surface area contributed by atoms with Gasteiger partial charge < -0.3 is 0 Å². The summed E-state index contributed by atoms with van der Waals surface area (Å²) in [5.74, 6) is -1.61. The van der Waals surface area contributed by atoms with E-state index in [2.05, 4.69) is 4.99 Å². The first-order valence-corrected chi connectivity index (χ1v) is 4.19. The van der Waals surface area contributed by atoms with Crippen molar-refractivity contribution in [2.24, 2.45) is 4.99 Å². The maximum Gasteiger partial charge on any atom is 0.160 e. The summed E-state index contributed by atoms with van der Waals surface area (Å²) in [4.78, 5) is 4.16. The maximum absolute atomic E-state index is 12.8. The van der Waals surface area contributed by atoms with Crippen LogP contribution in [0.25, 0.3) is 0 Å². The van der Waals surface area contributed by atoms with E-state index in [1.807, 2.05) is 6.92 Å². The third-order valence-corrected chi connectivity index (χ3v) is 2.19. The Kier molecular flexibility index (Phi) is 2.99. The van der Waals surface area contributed by atoms with Gasteiger partial charge >= 0.3 is 0 Å². The Morgan fingerprint density at radius 2 is 1.79 bits per heavy atom. The summed E-state index contributed by atoms with van der Waals surface area (Å²) in [7, 11) is 0. The summed E-state index contributed by atoms with van der Waals surface area (Å²) in [5, 5.41) is 0. The summed E-state index contributed by atoms with van der Waals surface area (Å²) in [6, 6.07) is 2.40. The van der Waals surface area contributed by atoms with Gasteiger partial charge in [-0.25, -0.2) is 8.78 Å². The van der Waals surface area contributed by atoms with Gasteiger partial charge in [0.2, 0.25) is 0 Å². The molecule has 0 saturated carbocycles. The lowest BCUT2D eigenvalue weighted by Gasteiger charge is -2.12. The van der Waals surface area contributed by atoms with Crippen LogP contribution in [0.4, 0.5) is 14.5 Å². The Bertz CT molecular complexity index is 383. The van der Waals surface area contributed by atoms with Crippen molar-refractivity contribution in [1.29, 1.82) is 0 Å². The average molecular weight is 197 g/mol. The van der Waals surface area contributed by atoms with Gasteiger partial charge in [-0.1, -0.05) is 7.43 Å². The number of hydrogen-bond donors (Lipinski definition) is 0. The van der Waals surface area contributed by atoms with E-state index in [1.54, 1.807) is 0 Å². The summed E-state index contributed by atoms with van der Waals surface area (Å²) >= 11 is 0. The van der Waals surface area contributed by atoms with Crippen LogP contribution in [0.3, 0.4) is 0 Å². The summed E-state index contributed by atoms with van der Waals surface area (Å²) in [5.41, 5.74) is 2.34. The van der Waals surface area contributed by atoms with Crippen LogP contribution in [0.2, 0.25) is 0 Å². The summed E-state index contributed by atoms with van der Waals surface area (Å²) in [6.07, 6.45) is 1.58. The predicted molar refractivity (Wildman–Crippen MR) is 54.2 cm³/mol. The first-order valence-electron chi connectivity index (χ1n) is 4.19. The largest absolute Gasteiger partial charge is 0.258 e. The second kappa shape index (κ2) is 3.86. The molecular weight excluding hydrogens is 184 g/mol. The summed E-state index contributed by atoms with van der Waals surface area (Å²) < 4.78 is 25.6. The minimum absolute atomic E-state index is 0. The molecule has 1 aliphatic heterocycles. The molecule has 1 aromatic carbocycles. The molecule has 76 valence electrons. The van der Waals surface area contributed by atoms with Crippen molar-refractivity contribution >= 4 is 11.4 Å². The van der Waals surface area contributed by atoms with Crippen LogP contribution < -0.4 is 0 Å². The Morgan fingerprint density at radius 3 is 2.50 bits per heavy atom. The van der Waals surface area contributed by atoms with E-state index < -0.39 is 11.6 Å². The topological polar surface area (TPSA) is 12.4 Å². The molecule has 0 spiro atoms. The van der Waals surface area contributed by atoms with E-state index in [1.165, 1.54) is 6.07 Å². The van der Waals surface area contributed by atoms with E-state index in [0.717, 1.165) is 30.2 Å². The van der Waals surface area contributed by atoms with Gasteiger partial charge in [-0.15, -0.1) is 0 Å². The minimum atomic E-state index is -0.822. The molecule has 0 aromatic heterocycles. The number of aryl methyl sites for hydroxylation is 1. The van der Waals surface area contributed by atoms with E-state index in [-0.39, 0.29) is 7.43 Å². The van der Waals surface area contributed by atoms with Crippen LogP contribution in [0.5, 0.6) is 0 Å². The third-order valence-electron chi connectivity index (χ3n) is 2.19. The zero-order chi connectivity index (χ0) is 9.42. The number of hydrogen-bond acceptors (Lipinski definition) is 1. The Balaban J connectivity index is 0.000000980. The molecule has 1 nitrogen and oxygen atoms in total. The molecule has 0 amide bonds. The van der Waals surface area contributed by atoms with Crippen LogP contribution in [-0.2, 0) is 6.42 Å². The molecule has 2 rings (SSSR count).